The lowest BCUT2D eigenvalue weighted by atomic mass is 9.92. The van der Waals surface area contributed by atoms with E-state index in [0.29, 0.717) is 0 Å². The van der Waals surface area contributed by atoms with Crippen molar-refractivity contribution in [2.75, 3.05) is 20.3 Å². The molecular formula is C18H23NO2. The summed E-state index contributed by atoms with van der Waals surface area (Å²) in [6, 6.07) is 12.8. The van der Waals surface area contributed by atoms with Crippen molar-refractivity contribution in [1.82, 2.24) is 5.32 Å². The van der Waals surface area contributed by atoms with E-state index >= 15 is 0 Å². The maximum absolute atomic E-state index is 5.44. The van der Waals surface area contributed by atoms with Crippen molar-refractivity contribution in [3.63, 3.8) is 0 Å². The summed E-state index contributed by atoms with van der Waals surface area (Å²) in [6.45, 7) is 4.92. The van der Waals surface area contributed by atoms with Gasteiger partial charge in [-0.3, -0.25) is 0 Å². The minimum absolute atomic E-state index is 0.202. The third-order valence-electron chi connectivity index (χ3n) is 4.43. The van der Waals surface area contributed by atoms with Crippen LogP contribution in [-0.2, 0) is 11.3 Å². The molecule has 0 amide bonds. The lowest BCUT2D eigenvalue weighted by Crippen LogP contribution is -2.46. The second kappa shape index (κ2) is 6.04. The highest BCUT2D eigenvalue weighted by Crippen LogP contribution is 2.23. The van der Waals surface area contributed by atoms with Gasteiger partial charge in [-0.1, -0.05) is 18.2 Å². The Morgan fingerprint density at radius 1 is 1.10 bits per heavy atom. The van der Waals surface area contributed by atoms with E-state index in [-0.39, 0.29) is 5.54 Å². The first-order valence-electron chi connectivity index (χ1n) is 7.58. The first-order chi connectivity index (χ1) is 10.2. The number of hydrogen-bond donors (Lipinski definition) is 1. The number of fused-ring (bicyclic) bond motifs is 1. The van der Waals surface area contributed by atoms with Crippen LogP contribution in [-0.4, -0.2) is 25.9 Å². The van der Waals surface area contributed by atoms with Crippen molar-refractivity contribution in [2.24, 2.45) is 0 Å². The lowest BCUT2D eigenvalue weighted by molar-refractivity contribution is 0.0446. The molecule has 0 atom stereocenters. The first-order valence-corrected chi connectivity index (χ1v) is 7.58. The van der Waals surface area contributed by atoms with E-state index in [1.165, 1.54) is 16.3 Å². The van der Waals surface area contributed by atoms with Gasteiger partial charge in [0.2, 0.25) is 0 Å². The number of rotatable bonds is 4. The normalized spacial score (nSPS) is 17.8. The zero-order valence-electron chi connectivity index (χ0n) is 12.8. The van der Waals surface area contributed by atoms with Crippen LogP contribution in [0.3, 0.4) is 0 Å². The molecule has 1 N–H and O–H groups in total. The van der Waals surface area contributed by atoms with Crippen molar-refractivity contribution in [2.45, 2.75) is 31.8 Å². The molecule has 2 aromatic rings. The lowest BCUT2D eigenvalue weighted by Gasteiger charge is -2.34. The molecule has 0 aliphatic carbocycles. The Morgan fingerprint density at radius 3 is 2.57 bits per heavy atom. The van der Waals surface area contributed by atoms with E-state index in [0.717, 1.165) is 38.3 Å². The summed E-state index contributed by atoms with van der Waals surface area (Å²) in [5.41, 5.74) is 1.52. The molecule has 1 heterocycles. The van der Waals surface area contributed by atoms with E-state index < -0.39 is 0 Å². The Balaban J connectivity index is 1.72. The molecule has 3 nitrogen and oxygen atoms in total. The van der Waals surface area contributed by atoms with E-state index in [9.17, 15) is 0 Å². The zero-order chi connectivity index (χ0) is 14.7. The molecule has 21 heavy (non-hydrogen) atoms. The summed E-state index contributed by atoms with van der Waals surface area (Å²) < 4.78 is 10.7. The van der Waals surface area contributed by atoms with Crippen LogP contribution in [0.5, 0.6) is 5.75 Å². The number of benzene rings is 2. The van der Waals surface area contributed by atoms with Crippen LogP contribution in [0, 0.1) is 0 Å². The van der Waals surface area contributed by atoms with Crippen LogP contribution in [0.1, 0.15) is 25.3 Å². The minimum Gasteiger partial charge on any atom is -0.497 e. The number of nitrogens with one attached hydrogen (secondary N) is 1. The third kappa shape index (κ3) is 3.36. The summed E-state index contributed by atoms with van der Waals surface area (Å²) in [5.74, 6) is 0.906. The van der Waals surface area contributed by atoms with Gasteiger partial charge < -0.3 is 14.8 Å². The Kier molecular flexibility index (Phi) is 4.13. The second-order valence-electron chi connectivity index (χ2n) is 6.07. The fourth-order valence-corrected chi connectivity index (χ4v) is 2.82. The molecule has 0 spiro atoms. The van der Waals surface area contributed by atoms with Gasteiger partial charge in [0.05, 0.1) is 7.11 Å². The van der Waals surface area contributed by atoms with Gasteiger partial charge in [-0.15, -0.1) is 0 Å². The van der Waals surface area contributed by atoms with Crippen molar-refractivity contribution in [3.8, 4) is 5.75 Å². The maximum Gasteiger partial charge on any atom is 0.119 e. The van der Waals surface area contributed by atoms with E-state index in [1.807, 2.05) is 6.07 Å². The quantitative estimate of drug-likeness (QED) is 0.932. The molecule has 3 rings (SSSR count). The van der Waals surface area contributed by atoms with Gasteiger partial charge >= 0.3 is 0 Å². The number of ether oxygens (including phenoxy) is 2. The van der Waals surface area contributed by atoms with Gasteiger partial charge in [0, 0.05) is 25.3 Å². The molecule has 3 heteroatoms. The molecule has 0 radical (unpaired) electrons. The largest absolute Gasteiger partial charge is 0.497 e. The van der Waals surface area contributed by atoms with Crippen LogP contribution >= 0.6 is 0 Å². The first kappa shape index (κ1) is 14.4. The summed E-state index contributed by atoms with van der Waals surface area (Å²) in [6.07, 6.45) is 2.16. The fourth-order valence-electron chi connectivity index (χ4n) is 2.82. The van der Waals surface area contributed by atoms with Gasteiger partial charge in [-0.05, 0) is 54.3 Å². The molecule has 1 aliphatic rings. The van der Waals surface area contributed by atoms with Crippen molar-refractivity contribution in [1.29, 1.82) is 0 Å². The Labute approximate surface area is 126 Å². The predicted octanol–water partition coefficient (Wildman–Crippen LogP) is 3.51. The van der Waals surface area contributed by atoms with Gasteiger partial charge in [-0.25, -0.2) is 0 Å². The summed E-state index contributed by atoms with van der Waals surface area (Å²) >= 11 is 0. The Bertz CT molecular complexity index is 618. The average molecular weight is 285 g/mol. The highest BCUT2D eigenvalue weighted by atomic mass is 16.5. The molecule has 0 bridgehead atoms. The highest BCUT2D eigenvalue weighted by Gasteiger charge is 2.26. The number of methoxy groups -OCH3 is 1. The smallest absolute Gasteiger partial charge is 0.119 e. The van der Waals surface area contributed by atoms with Gasteiger partial charge in [0.25, 0.3) is 0 Å². The second-order valence-corrected chi connectivity index (χ2v) is 6.07. The average Bonchev–Trinajstić information content (AvgIpc) is 2.53. The molecule has 1 saturated heterocycles. The molecule has 1 fully saturated rings. The maximum atomic E-state index is 5.44. The summed E-state index contributed by atoms with van der Waals surface area (Å²) in [4.78, 5) is 0. The predicted molar refractivity (Wildman–Crippen MR) is 85.8 cm³/mol. The van der Waals surface area contributed by atoms with E-state index in [1.54, 1.807) is 7.11 Å². The van der Waals surface area contributed by atoms with Crippen LogP contribution in [0.25, 0.3) is 10.8 Å². The highest BCUT2D eigenvalue weighted by molar-refractivity contribution is 5.84. The van der Waals surface area contributed by atoms with Gasteiger partial charge in [0.1, 0.15) is 5.75 Å². The molecule has 0 saturated carbocycles. The zero-order valence-corrected chi connectivity index (χ0v) is 12.8. The van der Waals surface area contributed by atoms with Crippen molar-refractivity contribution < 1.29 is 9.47 Å². The van der Waals surface area contributed by atoms with Crippen LogP contribution < -0.4 is 10.1 Å². The van der Waals surface area contributed by atoms with Crippen LogP contribution in [0.2, 0.25) is 0 Å². The van der Waals surface area contributed by atoms with Crippen molar-refractivity contribution in [3.05, 3.63) is 42.0 Å². The minimum atomic E-state index is 0.202. The third-order valence-corrected chi connectivity index (χ3v) is 4.43. The Hall–Kier alpha value is -1.58. The monoisotopic (exact) mass is 285 g/mol. The molecule has 0 aromatic heterocycles. The molecular weight excluding hydrogens is 262 g/mol. The molecule has 112 valence electrons. The molecule has 1 aliphatic heterocycles. The molecule has 0 unspecified atom stereocenters. The van der Waals surface area contributed by atoms with Crippen LogP contribution in [0.15, 0.2) is 36.4 Å². The van der Waals surface area contributed by atoms with E-state index in [2.05, 4.69) is 42.6 Å². The topological polar surface area (TPSA) is 30.5 Å². The van der Waals surface area contributed by atoms with Crippen molar-refractivity contribution >= 4 is 10.8 Å². The SMILES string of the molecule is COc1ccc2cc(CNC3(C)CCOCC3)ccc2c1. The van der Waals surface area contributed by atoms with Gasteiger partial charge in [-0.2, -0.15) is 0 Å². The summed E-state index contributed by atoms with van der Waals surface area (Å²) in [7, 11) is 1.70. The number of hydrogen-bond acceptors (Lipinski definition) is 3. The Morgan fingerprint density at radius 2 is 1.81 bits per heavy atom. The van der Waals surface area contributed by atoms with E-state index in [4.69, 9.17) is 9.47 Å². The summed E-state index contributed by atoms with van der Waals surface area (Å²) in [5, 5.41) is 6.17. The standard InChI is InChI=1S/C18H23NO2/c1-18(7-9-21-10-8-18)19-13-14-3-4-16-12-17(20-2)6-5-15(16)11-14/h3-6,11-12,19H,7-10,13H2,1-2H3. The fraction of sp³-hybridized carbons (Fsp3) is 0.444. The van der Waals surface area contributed by atoms with Crippen LogP contribution in [0.4, 0.5) is 0 Å². The molecule has 2 aromatic carbocycles. The van der Waals surface area contributed by atoms with Gasteiger partial charge in [0.15, 0.2) is 0 Å².